The van der Waals surface area contributed by atoms with Gasteiger partial charge < -0.3 is 19.7 Å². The lowest BCUT2D eigenvalue weighted by atomic mass is 9.99. The van der Waals surface area contributed by atoms with Crippen LogP contribution < -0.4 is 4.74 Å². The zero-order valence-electron chi connectivity index (χ0n) is 12.1. The van der Waals surface area contributed by atoms with Crippen LogP contribution in [0.4, 0.5) is 13.2 Å². The van der Waals surface area contributed by atoms with Crippen molar-refractivity contribution in [3.8, 4) is 5.75 Å². The molecule has 0 fully saturated rings. The molecule has 2 N–H and O–H groups in total. The molecule has 0 bridgehead atoms. The fraction of sp³-hybridized carbons (Fsp3) is 0.500. The molecule has 1 aromatic rings. The minimum absolute atomic E-state index is 0.0488. The van der Waals surface area contributed by atoms with Gasteiger partial charge >= 0.3 is 12.1 Å². The molecule has 22 heavy (non-hydrogen) atoms. The zero-order valence-corrected chi connectivity index (χ0v) is 12.1. The topological polar surface area (TPSA) is 76.0 Å². The third kappa shape index (κ3) is 4.60. The van der Waals surface area contributed by atoms with Crippen molar-refractivity contribution in [2.45, 2.75) is 31.7 Å². The second-order valence-corrected chi connectivity index (χ2v) is 4.48. The van der Waals surface area contributed by atoms with Gasteiger partial charge in [0, 0.05) is 5.56 Å². The lowest BCUT2D eigenvalue weighted by Gasteiger charge is -2.20. The molecule has 0 saturated heterocycles. The second kappa shape index (κ2) is 7.46. The van der Waals surface area contributed by atoms with E-state index in [0.717, 1.165) is 25.3 Å². The number of halogens is 3. The fourth-order valence-electron chi connectivity index (χ4n) is 1.84. The van der Waals surface area contributed by atoms with Gasteiger partial charge in [0.2, 0.25) is 0 Å². The van der Waals surface area contributed by atoms with Crippen LogP contribution in [0.2, 0.25) is 0 Å². The van der Waals surface area contributed by atoms with Crippen molar-refractivity contribution in [1.29, 1.82) is 0 Å². The summed E-state index contributed by atoms with van der Waals surface area (Å²) >= 11 is 0. The van der Waals surface area contributed by atoms with Crippen LogP contribution in [0.1, 0.15) is 30.6 Å². The van der Waals surface area contributed by atoms with Crippen molar-refractivity contribution in [2.75, 3.05) is 13.7 Å². The Morgan fingerprint density at radius 2 is 1.95 bits per heavy atom. The average molecular weight is 322 g/mol. The molecule has 124 valence electrons. The summed E-state index contributed by atoms with van der Waals surface area (Å²) in [5.74, 6) is -0.954. The van der Waals surface area contributed by atoms with Gasteiger partial charge in [-0.05, 0) is 19.1 Å². The van der Waals surface area contributed by atoms with Crippen LogP contribution in [-0.2, 0) is 15.7 Å². The molecule has 0 radical (unpaired) electrons. The van der Waals surface area contributed by atoms with E-state index in [1.54, 1.807) is 6.92 Å². The standard InChI is InChI=1S/C14H17F3O5/c1-3-22-12(19)7-10(18)13(20)9-5-4-8(14(15,16)17)6-11(9)21-2/h4-6,10,13,18,20H,3,7H2,1-2H3. The molecule has 0 heterocycles. The number of carbonyl (C=O) groups is 1. The van der Waals surface area contributed by atoms with Gasteiger partial charge in [-0.15, -0.1) is 0 Å². The molecule has 5 nitrogen and oxygen atoms in total. The third-order valence-electron chi connectivity index (χ3n) is 2.93. The molecule has 0 saturated carbocycles. The average Bonchev–Trinajstić information content (AvgIpc) is 2.44. The molecule has 2 unspecified atom stereocenters. The highest BCUT2D eigenvalue weighted by atomic mass is 19.4. The lowest BCUT2D eigenvalue weighted by Crippen LogP contribution is -2.23. The molecular weight excluding hydrogens is 305 g/mol. The molecule has 8 heteroatoms. The Balaban J connectivity index is 2.97. The predicted molar refractivity (Wildman–Crippen MR) is 70.2 cm³/mol. The molecule has 0 aliphatic carbocycles. The number of esters is 1. The maximum atomic E-state index is 12.6. The highest BCUT2D eigenvalue weighted by molar-refractivity contribution is 5.70. The summed E-state index contributed by atoms with van der Waals surface area (Å²) in [5.41, 5.74) is -0.993. The van der Waals surface area contributed by atoms with Crippen molar-refractivity contribution >= 4 is 5.97 Å². The number of rotatable bonds is 6. The van der Waals surface area contributed by atoms with E-state index in [2.05, 4.69) is 4.74 Å². The van der Waals surface area contributed by atoms with Gasteiger partial charge in [0.25, 0.3) is 0 Å². The number of alkyl halides is 3. The Morgan fingerprint density at radius 3 is 2.45 bits per heavy atom. The number of carbonyl (C=O) groups excluding carboxylic acids is 1. The van der Waals surface area contributed by atoms with Crippen LogP contribution in [-0.4, -0.2) is 36.0 Å². The second-order valence-electron chi connectivity index (χ2n) is 4.48. The number of benzene rings is 1. The molecule has 0 aliphatic rings. The Labute approximate surface area is 125 Å². The van der Waals surface area contributed by atoms with Gasteiger partial charge in [-0.25, -0.2) is 0 Å². The number of hydrogen-bond acceptors (Lipinski definition) is 5. The largest absolute Gasteiger partial charge is 0.496 e. The van der Waals surface area contributed by atoms with E-state index < -0.39 is 36.3 Å². The first-order chi connectivity index (χ1) is 10.2. The first-order valence-electron chi connectivity index (χ1n) is 6.47. The van der Waals surface area contributed by atoms with Crippen molar-refractivity contribution in [2.24, 2.45) is 0 Å². The summed E-state index contributed by atoms with van der Waals surface area (Å²) in [6.45, 7) is 1.70. The third-order valence-corrected chi connectivity index (χ3v) is 2.93. The van der Waals surface area contributed by atoms with E-state index in [4.69, 9.17) is 4.74 Å². The quantitative estimate of drug-likeness (QED) is 0.784. The van der Waals surface area contributed by atoms with Crippen LogP contribution in [0.25, 0.3) is 0 Å². The van der Waals surface area contributed by atoms with E-state index in [1.807, 2.05) is 0 Å². The summed E-state index contributed by atoms with van der Waals surface area (Å²) in [7, 11) is 1.14. The van der Waals surface area contributed by atoms with Crippen molar-refractivity contribution < 1.29 is 37.7 Å². The summed E-state index contributed by atoms with van der Waals surface area (Å²) in [5, 5.41) is 19.8. The van der Waals surface area contributed by atoms with E-state index >= 15 is 0 Å². The smallest absolute Gasteiger partial charge is 0.416 e. The summed E-state index contributed by atoms with van der Waals surface area (Å²) in [4.78, 5) is 11.3. The van der Waals surface area contributed by atoms with Crippen molar-refractivity contribution in [3.63, 3.8) is 0 Å². The number of hydrogen-bond donors (Lipinski definition) is 2. The van der Waals surface area contributed by atoms with E-state index in [0.29, 0.717) is 0 Å². The molecular formula is C14H17F3O5. The van der Waals surface area contributed by atoms with Crippen LogP contribution in [0, 0.1) is 0 Å². The molecule has 1 rings (SSSR count). The molecule has 0 amide bonds. The summed E-state index contributed by atoms with van der Waals surface area (Å²) in [6, 6.07) is 2.48. The SMILES string of the molecule is CCOC(=O)CC(O)C(O)c1ccc(C(F)(F)F)cc1OC. The molecule has 1 aromatic carbocycles. The first kappa shape index (κ1) is 18.2. The molecule has 0 spiro atoms. The number of ether oxygens (including phenoxy) is 2. The summed E-state index contributed by atoms with van der Waals surface area (Å²) in [6.07, 6.45) is -8.15. The molecule has 0 aromatic heterocycles. The number of methoxy groups -OCH3 is 1. The van der Waals surface area contributed by atoms with Crippen LogP contribution >= 0.6 is 0 Å². The maximum absolute atomic E-state index is 12.6. The van der Waals surface area contributed by atoms with E-state index in [-0.39, 0.29) is 17.9 Å². The Hall–Kier alpha value is -1.80. The van der Waals surface area contributed by atoms with Gasteiger partial charge in [-0.3, -0.25) is 4.79 Å². The minimum atomic E-state index is -4.56. The van der Waals surface area contributed by atoms with Gasteiger partial charge in [-0.1, -0.05) is 6.07 Å². The van der Waals surface area contributed by atoms with Gasteiger partial charge in [0.1, 0.15) is 11.9 Å². The van der Waals surface area contributed by atoms with Crippen LogP contribution in [0.5, 0.6) is 5.75 Å². The van der Waals surface area contributed by atoms with Gasteiger partial charge in [0.15, 0.2) is 0 Å². The van der Waals surface area contributed by atoms with Crippen molar-refractivity contribution in [3.05, 3.63) is 29.3 Å². The highest BCUT2D eigenvalue weighted by Gasteiger charge is 2.32. The Kier molecular flexibility index (Phi) is 6.19. The number of aliphatic hydroxyl groups is 2. The predicted octanol–water partition coefficient (Wildman–Crippen LogP) is 2.06. The van der Waals surface area contributed by atoms with E-state index in [9.17, 15) is 28.2 Å². The van der Waals surface area contributed by atoms with Gasteiger partial charge in [0.05, 0.1) is 31.8 Å². The zero-order chi connectivity index (χ0) is 16.9. The summed E-state index contributed by atoms with van der Waals surface area (Å²) < 4.78 is 47.3. The highest BCUT2D eigenvalue weighted by Crippen LogP contribution is 2.36. The fourth-order valence-corrected chi connectivity index (χ4v) is 1.84. The normalized spacial score (nSPS) is 14.3. The minimum Gasteiger partial charge on any atom is -0.496 e. The monoisotopic (exact) mass is 322 g/mol. The van der Waals surface area contributed by atoms with E-state index in [1.165, 1.54) is 0 Å². The maximum Gasteiger partial charge on any atom is 0.416 e. The first-order valence-corrected chi connectivity index (χ1v) is 6.47. The Bertz CT molecular complexity index is 516. The number of aliphatic hydroxyl groups excluding tert-OH is 2. The van der Waals surface area contributed by atoms with Crippen molar-refractivity contribution in [1.82, 2.24) is 0 Å². The van der Waals surface area contributed by atoms with Crippen LogP contribution in [0.15, 0.2) is 18.2 Å². The van der Waals surface area contributed by atoms with Gasteiger partial charge in [-0.2, -0.15) is 13.2 Å². The Morgan fingerprint density at radius 1 is 1.32 bits per heavy atom. The molecule has 2 atom stereocenters. The van der Waals surface area contributed by atoms with Crippen LogP contribution in [0.3, 0.4) is 0 Å². The molecule has 0 aliphatic heterocycles. The lowest BCUT2D eigenvalue weighted by molar-refractivity contribution is -0.147.